The Morgan fingerprint density at radius 1 is 1.14 bits per heavy atom. The molecule has 0 bridgehead atoms. The van der Waals surface area contributed by atoms with Crippen LogP contribution in [0.5, 0.6) is 0 Å². The SMILES string of the molecule is CC.CC(NC=O)c1ncc2ccc(F)cc2c1Br.Cc1ccccc1C=O. The van der Waals surface area contributed by atoms with E-state index in [1.54, 1.807) is 12.3 Å². The fourth-order valence-electron chi connectivity index (χ4n) is 2.37. The Bertz CT molecular complexity index is 932. The van der Waals surface area contributed by atoms with Crippen LogP contribution in [0.3, 0.4) is 0 Å². The summed E-state index contributed by atoms with van der Waals surface area (Å²) >= 11 is 3.40. The molecular weight excluding hydrogens is 423 g/mol. The summed E-state index contributed by atoms with van der Waals surface area (Å²) in [7, 11) is 0. The molecule has 0 fully saturated rings. The molecule has 1 aromatic heterocycles. The molecule has 0 radical (unpaired) electrons. The second kappa shape index (κ2) is 12.0. The summed E-state index contributed by atoms with van der Waals surface area (Å²) in [5.41, 5.74) is 2.49. The van der Waals surface area contributed by atoms with E-state index in [0.29, 0.717) is 16.6 Å². The van der Waals surface area contributed by atoms with Gasteiger partial charge in [-0.15, -0.1) is 0 Å². The maximum Gasteiger partial charge on any atom is 0.207 e. The van der Waals surface area contributed by atoms with Crippen molar-refractivity contribution in [1.82, 2.24) is 10.3 Å². The van der Waals surface area contributed by atoms with Gasteiger partial charge in [0.2, 0.25) is 6.41 Å². The third kappa shape index (κ3) is 6.23. The average molecular weight is 447 g/mol. The number of carbonyl (C=O) groups excluding carboxylic acids is 2. The lowest BCUT2D eigenvalue weighted by Crippen LogP contribution is -2.17. The van der Waals surface area contributed by atoms with Gasteiger partial charge in [-0.25, -0.2) is 4.39 Å². The molecule has 28 heavy (non-hydrogen) atoms. The van der Waals surface area contributed by atoms with Crippen LogP contribution in [-0.4, -0.2) is 17.7 Å². The Morgan fingerprint density at radius 2 is 1.82 bits per heavy atom. The van der Waals surface area contributed by atoms with Crippen molar-refractivity contribution in [3.05, 3.63) is 75.8 Å². The van der Waals surface area contributed by atoms with Gasteiger partial charge in [0.25, 0.3) is 0 Å². The fourth-order valence-corrected chi connectivity index (χ4v) is 3.16. The van der Waals surface area contributed by atoms with Crippen molar-refractivity contribution in [3.8, 4) is 0 Å². The van der Waals surface area contributed by atoms with Crippen molar-refractivity contribution < 1.29 is 14.0 Å². The molecule has 4 nitrogen and oxygen atoms in total. The second-order valence-electron chi connectivity index (χ2n) is 5.67. The van der Waals surface area contributed by atoms with Gasteiger partial charge < -0.3 is 5.32 Å². The fraction of sp³-hybridized carbons (Fsp3) is 0.227. The van der Waals surface area contributed by atoms with E-state index < -0.39 is 0 Å². The molecule has 1 unspecified atom stereocenters. The lowest BCUT2D eigenvalue weighted by Gasteiger charge is -2.13. The van der Waals surface area contributed by atoms with Gasteiger partial charge in [-0.3, -0.25) is 14.6 Å². The molecule has 2 aromatic carbocycles. The highest BCUT2D eigenvalue weighted by Gasteiger charge is 2.13. The van der Waals surface area contributed by atoms with E-state index >= 15 is 0 Å². The zero-order valence-electron chi connectivity index (χ0n) is 16.4. The molecule has 3 rings (SSSR count). The van der Waals surface area contributed by atoms with E-state index in [4.69, 9.17) is 0 Å². The van der Waals surface area contributed by atoms with Gasteiger partial charge >= 0.3 is 0 Å². The smallest absolute Gasteiger partial charge is 0.207 e. The Kier molecular flexibility index (Phi) is 10.0. The predicted molar refractivity (Wildman–Crippen MR) is 115 cm³/mol. The zero-order chi connectivity index (χ0) is 21.1. The molecule has 0 aliphatic carbocycles. The van der Waals surface area contributed by atoms with Crippen LogP contribution >= 0.6 is 15.9 Å². The minimum absolute atomic E-state index is 0.227. The molecule has 0 aliphatic heterocycles. The van der Waals surface area contributed by atoms with E-state index in [2.05, 4.69) is 26.2 Å². The number of aryl methyl sites for hydroxylation is 1. The summed E-state index contributed by atoms with van der Waals surface area (Å²) < 4.78 is 13.9. The first kappa shape index (κ1) is 23.4. The van der Waals surface area contributed by atoms with Crippen LogP contribution in [0.15, 0.2) is 53.1 Å². The molecular formula is C22H24BrFN2O2. The number of benzene rings is 2. The van der Waals surface area contributed by atoms with Crippen LogP contribution < -0.4 is 5.32 Å². The number of halogens is 2. The molecule has 0 saturated heterocycles. The number of hydrogen-bond donors (Lipinski definition) is 1. The molecule has 0 saturated carbocycles. The number of aldehydes is 1. The van der Waals surface area contributed by atoms with Gasteiger partial charge in [0.15, 0.2) is 0 Å². The lowest BCUT2D eigenvalue weighted by atomic mass is 10.1. The van der Waals surface area contributed by atoms with Crippen LogP contribution in [0.4, 0.5) is 4.39 Å². The van der Waals surface area contributed by atoms with Gasteiger partial charge in [-0.05, 0) is 53.5 Å². The monoisotopic (exact) mass is 446 g/mol. The molecule has 1 amide bonds. The number of fused-ring (bicyclic) bond motifs is 1. The second-order valence-corrected chi connectivity index (χ2v) is 6.46. The van der Waals surface area contributed by atoms with Crippen LogP contribution in [0.1, 0.15) is 48.4 Å². The number of carbonyl (C=O) groups is 2. The molecule has 3 aromatic rings. The third-order valence-electron chi connectivity index (χ3n) is 3.86. The summed E-state index contributed by atoms with van der Waals surface area (Å²) in [6.07, 6.45) is 3.15. The van der Waals surface area contributed by atoms with E-state index in [1.165, 1.54) is 12.1 Å². The molecule has 0 aliphatic rings. The number of pyridine rings is 1. The van der Waals surface area contributed by atoms with E-state index in [9.17, 15) is 14.0 Å². The van der Waals surface area contributed by atoms with Crippen molar-refractivity contribution in [1.29, 1.82) is 0 Å². The van der Waals surface area contributed by atoms with Gasteiger partial charge in [-0.2, -0.15) is 0 Å². The van der Waals surface area contributed by atoms with Gasteiger partial charge in [-0.1, -0.05) is 38.1 Å². The first-order valence-electron chi connectivity index (χ1n) is 8.92. The Hall–Kier alpha value is -2.60. The minimum atomic E-state index is -0.300. The van der Waals surface area contributed by atoms with Gasteiger partial charge in [0.05, 0.1) is 11.7 Å². The number of nitrogens with zero attached hydrogens (tertiary/aromatic N) is 1. The van der Waals surface area contributed by atoms with Crippen molar-refractivity contribution >= 4 is 39.4 Å². The van der Waals surface area contributed by atoms with Crippen LogP contribution in [0.2, 0.25) is 0 Å². The Morgan fingerprint density at radius 3 is 2.39 bits per heavy atom. The highest BCUT2D eigenvalue weighted by Crippen LogP contribution is 2.29. The van der Waals surface area contributed by atoms with E-state index in [0.717, 1.165) is 28.2 Å². The summed E-state index contributed by atoms with van der Waals surface area (Å²) in [5, 5.41) is 4.21. The normalized spacial score (nSPS) is 10.6. The quantitative estimate of drug-likeness (QED) is 0.516. The number of rotatable bonds is 4. The van der Waals surface area contributed by atoms with Crippen molar-refractivity contribution in [2.24, 2.45) is 0 Å². The van der Waals surface area contributed by atoms with Crippen LogP contribution in [0.25, 0.3) is 10.8 Å². The van der Waals surface area contributed by atoms with Crippen molar-refractivity contribution in [2.45, 2.75) is 33.7 Å². The Balaban J connectivity index is 0.000000301. The first-order chi connectivity index (χ1) is 13.5. The topological polar surface area (TPSA) is 59.1 Å². The summed E-state index contributed by atoms with van der Waals surface area (Å²) in [5.74, 6) is -0.300. The average Bonchev–Trinajstić information content (AvgIpc) is 2.71. The molecule has 0 spiro atoms. The van der Waals surface area contributed by atoms with Crippen molar-refractivity contribution in [2.75, 3.05) is 0 Å². The van der Waals surface area contributed by atoms with Gasteiger partial charge in [0.1, 0.15) is 12.1 Å². The first-order valence-corrected chi connectivity index (χ1v) is 9.71. The standard InChI is InChI=1S/C12H10BrFN2O.C8H8O.C2H6/c1-7(16-6-17)12-11(13)10-4-9(14)3-2-8(10)5-15-12;1-7-4-2-3-5-8(7)6-9;1-2/h2-7H,1H3,(H,16,17);2-6H,1H3;1-2H3. The molecule has 1 atom stereocenters. The highest BCUT2D eigenvalue weighted by atomic mass is 79.9. The van der Waals surface area contributed by atoms with E-state index in [-0.39, 0.29) is 11.9 Å². The Labute approximate surface area is 173 Å². The van der Waals surface area contributed by atoms with Crippen molar-refractivity contribution in [3.63, 3.8) is 0 Å². The molecule has 1 heterocycles. The lowest BCUT2D eigenvalue weighted by molar-refractivity contribution is -0.110. The molecule has 6 heteroatoms. The predicted octanol–water partition coefficient (Wildman–Crippen LogP) is 5.78. The van der Waals surface area contributed by atoms with Crippen LogP contribution in [-0.2, 0) is 4.79 Å². The maximum atomic E-state index is 13.2. The number of aromatic nitrogens is 1. The van der Waals surface area contributed by atoms with Crippen LogP contribution in [0, 0.1) is 12.7 Å². The number of nitrogens with one attached hydrogen (secondary N) is 1. The third-order valence-corrected chi connectivity index (χ3v) is 4.70. The van der Waals surface area contributed by atoms with Gasteiger partial charge in [0, 0.05) is 27.0 Å². The molecule has 148 valence electrons. The number of amides is 1. The zero-order valence-corrected chi connectivity index (χ0v) is 18.0. The largest absolute Gasteiger partial charge is 0.351 e. The number of hydrogen-bond acceptors (Lipinski definition) is 3. The summed E-state index contributed by atoms with van der Waals surface area (Å²) in [6.45, 7) is 7.73. The van der Waals surface area contributed by atoms with E-state index in [1.807, 2.05) is 52.0 Å². The highest BCUT2D eigenvalue weighted by molar-refractivity contribution is 9.10. The summed E-state index contributed by atoms with van der Waals surface area (Å²) in [4.78, 5) is 24.9. The summed E-state index contributed by atoms with van der Waals surface area (Å²) in [6, 6.07) is 11.8. The minimum Gasteiger partial charge on any atom is -0.351 e. The maximum absolute atomic E-state index is 13.2. The molecule has 1 N–H and O–H groups in total.